The van der Waals surface area contributed by atoms with Gasteiger partial charge in [-0.1, -0.05) is 42.6 Å². The van der Waals surface area contributed by atoms with E-state index in [4.69, 9.17) is 16.3 Å². The number of hydrogen-bond donors (Lipinski definition) is 1. The van der Waals surface area contributed by atoms with Crippen molar-refractivity contribution in [2.45, 2.75) is 37.8 Å². The average Bonchev–Trinajstić information content (AvgIpc) is 2.62. The second-order valence-electron chi connectivity index (χ2n) is 5.40. The molecule has 1 heterocycles. The molecule has 1 aromatic carbocycles. The van der Waals surface area contributed by atoms with Gasteiger partial charge in [0.25, 0.3) is 0 Å². The molecule has 1 saturated heterocycles. The van der Waals surface area contributed by atoms with E-state index in [0.717, 1.165) is 23.7 Å². The molecule has 1 aromatic rings. The fourth-order valence-corrected chi connectivity index (χ4v) is 3.43. The van der Waals surface area contributed by atoms with Crippen LogP contribution in [0.1, 0.15) is 37.4 Å². The van der Waals surface area contributed by atoms with E-state index in [-0.39, 0.29) is 6.10 Å². The Bertz CT molecular complexity index is 393. The molecule has 2 fully saturated rings. The van der Waals surface area contributed by atoms with E-state index in [1.54, 1.807) is 0 Å². The second kappa shape index (κ2) is 5.60. The van der Waals surface area contributed by atoms with Gasteiger partial charge in [-0.3, -0.25) is 0 Å². The molecule has 18 heavy (non-hydrogen) atoms. The van der Waals surface area contributed by atoms with Crippen LogP contribution >= 0.6 is 11.6 Å². The zero-order valence-electron chi connectivity index (χ0n) is 10.6. The summed E-state index contributed by atoms with van der Waals surface area (Å²) >= 11 is 6.26. The van der Waals surface area contributed by atoms with Crippen LogP contribution in [0.5, 0.6) is 0 Å². The molecule has 0 amide bonds. The summed E-state index contributed by atoms with van der Waals surface area (Å²) in [4.78, 5) is 0. The van der Waals surface area contributed by atoms with Gasteiger partial charge in [-0.15, -0.1) is 0 Å². The highest BCUT2D eigenvalue weighted by Gasteiger charge is 2.30. The Morgan fingerprint density at radius 3 is 2.89 bits per heavy atom. The standard InChI is InChI=1S/C15H20ClNO/c16-13-7-3-2-6-12(13)15-9-17-14-8-4-1-5-11(14)10-18-15/h2-3,6-7,11,14-15,17H,1,4-5,8-10H2. The highest BCUT2D eigenvalue weighted by molar-refractivity contribution is 6.31. The lowest BCUT2D eigenvalue weighted by Gasteiger charge is -2.29. The van der Waals surface area contributed by atoms with E-state index in [1.807, 2.05) is 18.2 Å². The zero-order valence-corrected chi connectivity index (χ0v) is 11.3. The van der Waals surface area contributed by atoms with Gasteiger partial charge >= 0.3 is 0 Å². The zero-order chi connectivity index (χ0) is 12.4. The maximum atomic E-state index is 6.26. The fraction of sp³-hybridized carbons (Fsp3) is 0.600. The molecule has 1 aliphatic heterocycles. The maximum absolute atomic E-state index is 6.26. The van der Waals surface area contributed by atoms with Gasteiger partial charge in [-0.05, 0) is 24.8 Å². The van der Waals surface area contributed by atoms with Gasteiger partial charge in [-0.2, -0.15) is 0 Å². The fourth-order valence-electron chi connectivity index (χ4n) is 3.17. The topological polar surface area (TPSA) is 21.3 Å². The van der Waals surface area contributed by atoms with Crippen LogP contribution in [0.3, 0.4) is 0 Å². The lowest BCUT2D eigenvalue weighted by molar-refractivity contribution is 0.0402. The molecule has 0 spiro atoms. The molecule has 1 aliphatic carbocycles. The Morgan fingerprint density at radius 1 is 1.17 bits per heavy atom. The van der Waals surface area contributed by atoms with Gasteiger partial charge in [0.05, 0.1) is 12.7 Å². The molecule has 3 heteroatoms. The van der Waals surface area contributed by atoms with Crippen molar-refractivity contribution in [3.63, 3.8) is 0 Å². The summed E-state index contributed by atoms with van der Waals surface area (Å²) in [5, 5.41) is 4.49. The number of halogens is 1. The number of benzene rings is 1. The van der Waals surface area contributed by atoms with Crippen molar-refractivity contribution < 1.29 is 4.74 Å². The molecule has 1 N–H and O–H groups in total. The SMILES string of the molecule is Clc1ccccc1C1CNC2CCCCC2CO1. The first kappa shape index (κ1) is 12.5. The van der Waals surface area contributed by atoms with Crippen molar-refractivity contribution in [2.75, 3.05) is 13.2 Å². The second-order valence-corrected chi connectivity index (χ2v) is 5.81. The largest absolute Gasteiger partial charge is 0.372 e. The third-order valence-electron chi connectivity index (χ3n) is 4.24. The number of ether oxygens (including phenoxy) is 1. The number of nitrogens with one attached hydrogen (secondary N) is 1. The molecule has 3 atom stereocenters. The van der Waals surface area contributed by atoms with Crippen LogP contribution in [-0.4, -0.2) is 19.2 Å². The van der Waals surface area contributed by atoms with Crippen LogP contribution in [0.15, 0.2) is 24.3 Å². The van der Waals surface area contributed by atoms with Crippen molar-refractivity contribution >= 4 is 11.6 Å². The molecule has 3 rings (SSSR count). The minimum Gasteiger partial charge on any atom is -0.372 e. The molecule has 2 nitrogen and oxygen atoms in total. The quantitative estimate of drug-likeness (QED) is 0.838. The minimum atomic E-state index is 0.101. The van der Waals surface area contributed by atoms with Crippen LogP contribution in [0.25, 0.3) is 0 Å². The summed E-state index contributed by atoms with van der Waals surface area (Å²) in [5.74, 6) is 0.686. The Balaban J connectivity index is 1.74. The lowest BCUT2D eigenvalue weighted by atomic mass is 9.85. The van der Waals surface area contributed by atoms with Crippen molar-refractivity contribution in [1.29, 1.82) is 0 Å². The van der Waals surface area contributed by atoms with E-state index in [0.29, 0.717) is 12.0 Å². The Labute approximate surface area is 114 Å². The summed E-state index contributed by atoms with van der Waals surface area (Å²) in [6.07, 6.45) is 5.40. The third-order valence-corrected chi connectivity index (χ3v) is 4.58. The molecule has 2 aliphatic rings. The molecular weight excluding hydrogens is 246 g/mol. The summed E-state index contributed by atoms with van der Waals surface area (Å²) in [7, 11) is 0. The first-order chi connectivity index (χ1) is 8.84. The molecule has 98 valence electrons. The maximum Gasteiger partial charge on any atom is 0.0963 e. The number of hydrogen-bond acceptors (Lipinski definition) is 2. The summed E-state index contributed by atoms with van der Waals surface area (Å²) in [6.45, 7) is 1.75. The Hall–Kier alpha value is -0.570. The third kappa shape index (κ3) is 2.56. The Morgan fingerprint density at radius 2 is 2.00 bits per heavy atom. The van der Waals surface area contributed by atoms with Crippen LogP contribution < -0.4 is 5.32 Å². The predicted octanol–water partition coefficient (Wildman–Crippen LogP) is 3.56. The summed E-state index contributed by atoms with van der Waals surface area (Å²) in [6, 6.07) is 8.66. The van der Waals surface area contributed by atoms with Crippen LogP contribution in [0, 0.1) is 5.92 Å². The van der Waals surface area contributed by atoms with E-state index in [2.05, 4.69) is 11.4 Å². The molecule has 0 aromatic heterocycles. The van der Waals surface area contributed by atoms with E-state index < -0.39 is 0 Å². The van der Waals surface area contributed by atoms with E-state index >= 15 is 0 Å². The van der Waals surface area contributed by atoms with Gasteiger partial charge in [0.15, 0.2) is 0 Å². The smallest absolute Gasteiger partial charge is 0.0963 e. The lowest BCUT2D eigenvalue weighted by Crippen LogP contribution is -2.38. The normalized spacial score (nSPS) is 32.6. The van der Waals surface area contributed by atoms with E-state index in [1.165, 1.54) is 25.7 Å². The van der Waals surface area contributed by atoms with Crippen molar-refractivity contribution in [2.24, 2.45) is 5.92 Å². The van der Waals surface area contributed by atoms with Gasteiger partial charge in [-0.25, -0.2) is 0 Å². The summed E-state index contributed by atoms with van der Waals surface area (Å²) < 4.78 is 6.09. The molecule has 3 unspecified atom stereocenters. The van der Waals surface area contributed by atoms with Crippen LogP contribution in [0.4, 0.5) is 0 Å². The van der Waals surface area contributed by atoms with Crippen molar-refractivity contribution in [3.8, 4) is 0 Å². The molecule has 0 bridgehead atoms. The molecule has 1 saturated carbocycles. The van der Waals surface area contributed by atoms with Gasteiger partial charge in [0, 0.05) is 23.2 Å². The first-order valence-electron chi connectivity index (χ1n) is 6.94. The average molecular weight is 266 g/mol. The van der Waals surface area contributed by atoms with Crippen molar-refractivity contribution in [1.82, 2.24) is 5.32 Å². The predicted molar refractivity (Wildman–Crippen MR) is 73.9 cm³/mol. The minimum absolute atomic E-state index is 0.101. The highest BCUT2D eigenvalue weighted by Crippen LogP contribution is 2.32. The molecular formula is C15H20ClNO. The van der Waals surface area contributed by atoms with Crippen molar-refractivity contribution in [3.05, 3.63) is 34.9 Å². The van der Waals surface area contributed by atoms with E-state index in [9.17, 15) is 0 Å². The highest BCUT2D eigenvalue weighted by atomic mass is 35.5. The number of fused-ring (bicyclic) bond motifs is 1. The van der Waals surface area contributed by atoms with Gasteiger partial charge in [0.1, 0.15) is 0 Å². The first-order valence-corrected chi connectivity index (χ1v) is 7.32. The van der Waals surface area contributed by atoms with Crippen LogP contribution in [-0.2, 0) is 4.74 Å². The molecule has 0 radical (unpaired) electrons. The summed E-state index contributed by atoms with van der Waals surface area (Å²) in [5.41, 5.74) is 1.12. The Kier molecular flexibility index (Phi) is 3.88. The number of rotatable bonds is 1. The van der Waals surface area contributed by atoms with Gasteiger partial charge < -0.3 is 10.1 Å². The van der Waals surface area contributed by atoms with Gasteiger partial charge in [0.2, 0.25) is 0 Å². The monoisotopic (exact) mass is 265 g/mol. The van der Waals surface area contributed by atoms with Crippen LogP contribution in [0.2, 0.25) is 5.02 Å².